The average Bonchev–Trinajstić information content (AvgIpc) is 3.17. The van der Waals surface area contributed by atoms with Crippen LogP contribution in [0.5, 0.6) is 0 Å². The monoisotopic (exact) mass is 299 g/mol. The van der Waals surface area contributed by atoms with E-state index in [0.29, 0.717) is 5.92 Å². The van der Waals surface area contributed by atoms with Crippen molar-refractivity contribution in [2.45, 2.75) is 26.3 Å². The van der Waals surface area contributed by atoms with Crippen molar-refractivity contribution in [2.24, 2.45) is 0 Å². The van der Waals surface area contributed by atoms with E-state index in [1.165, 1.54) is 11.3 Å². The van der Waals surface area contributed by atoms with Crippen LogP contribution >= 0.6 is 11.3 Å². The Hall–Kier alpha value is -2.21. The molecule has 0 aliphatic heterocycles. The Labute approximate surface area is 127 Å². The van der Waals surface area contributed by atoms with Gasteiger partial charge in [-0.05, 0) is 24.3 Å². The zero-order chi connectivity index (χ0) is 14.7. The highest BCUT2D eigenvalue weighted by atomic mass is 32.1. The highest BCUT2D eigenvalue weighted by Crippen LogP contribution is 2.20. The number of benzene rings is 1. The Morgan fingerprint density at radius 2 is 2.05 bits per heavy atom. The molecule has 3 aromatic rings. The summed E-state index contributed by atoms with van der Waals surface area (Å²) < 4.78 is 1.74. The molecule has 0 spiro atoms. The third-order valence-electron chi connectivity index (χ3n) is 3.09. The minimum Gasteiger partial charge on any atom is -0.379 e. The van der Waals surface area contributed by atoms with Crippen LogP contribution in [0.3, 0.4) is 0 Å². The molecule has 0 aliphatic carbocycles. The van der Waals surface area contributed by atoms with Crippen molar-refractivity contribution < 1.29 is 0 Å². The van der Waals surface area contributed by atoms with Crippen LogP contribution in [0.1, 0.15) is 30.5 Å². The van der Waals surface area contributed by atoms with Gasteiger partial charge in [-0.2, -0.15) is 5.10 Å². The fourth-order valence-corrected chi connectivity index (χ4v) is 2.77. The van der Waals surface area contributed by atoms with Crippen LogP contribution in [-0.4, -0.2) is 19.7 Å². The van der Waals surface area contributed by atoms with Crippen LogP contribution in [0, 0.1) is 0 Å². The first-order chi connectivity index (χ1) is 10.2. The van der Waals surface area contributed by atoms with Gasteiger partial charge >= 0.3 is 0 Å². The highest BCUT2D eigenvalue weighted by Gasteiger charge is 2.05. The van der Waals surface area contributed by atoms with Gasteiger partial charge in [0.25, 0.3) is 0 Å². The van der Waals surface area contributed by atoms with Crippen LogP contribution < -0.4 is 5.32 Å². The molecule has 1 aromatic carbocycles. The summed E-state index contributed by atoms with van der Waals surface area (Å²) in [5.41, 5.74) is 3.15. The molecule has 0 unspecified atom stereocenters. The lowest BCUT2D eigenvalue weighted by Gasteiger charge is -2.06. The second-order valence-electron chi connectivity index (χ2n) is 5.07. The Balaban J connectivity index is 1.62. The van der Waals surface area contributed by atoms with E-state index in [-0.39, 0.29) is 0 Å². The van der Waals surface area contributed by atoms with E-state index < -0.39 is 0 Å². The van der Waals surface area contributed by atoms with E-state index in [1.807, 2.05) is 24.3 Å². The molecule has 0 fully saturated rings. The van der Waals surface area contributed by atoms with Gasteiger partial charge in [-0.1, -0.05) is 13.8 Å². The van der Waals surface area contributed by atoms with E-state index in [2.05, 4.69) is 39.6 Å². The molecule has 0 amide bonds. The van der Waals surface area contributed by atoms with Gasteiger partial charge in [0.15, 0.2) is 0 Å². The topological polar surface area (TPSA) is 55.6 Å². The van der Waals surface area contributed by atoms with E-state index in [1.54, 1.807) is 22.3 Å². The fourth-order valence-electron chi connectivity index (χ4n) is 1.94. The zero-order valence-electron chi connectivity index (χ0n) is 12.0. The smallest absolute Gasteiger partial charge is 0.138 e. The Bertz CT molecular complexity index is 685. The molecule has 0 saturated heterocycles. The number of anilines is 1. The van der Waals surface area contributed by atoms with Crippen molar-refractivity contribution in [1.82, 2.24) is 19.7 Å². The third kappa shape index (κ3) is 3.28. The van der Waals surface area contributed by atoms with Gasteiger partial charge in [0.2, 0.25) is 0 Å². The molecule has 108 valence electrons. The summed E-state index contributed by atoms with van der Waals surface area (Å²) in [5.74, 6) is 0.491. The molecule has 2 heterocycles. The molecular formula is C15H17N5S. The van der Waals surface area contributed by atoms with Gasteiger partial charge in [-0.25, -0.2) is 14.6 Å². The first-order valence-electron chi connectivity index (χ1n) is 6.85. The quantitative estimate of drug-likeness (QED) is 0.784. The maximum absolute atomic E-state index is 4.62. The van der Waals surface area contributed by atoms with Crippen LogP contribution in [-0.2, 0) is 6.54 Å². The lowest BCUT2D eigenvalue weighted by molar-refractivity contribution is 0.841. The van der Waals surface area contributed by atoms with Crippen molar-refractivity contribution in [3.8, 4) is 5.69 Å². The van der Waals surface area contributed by atoms with Gasteiger partial charge < -0.3 is 5.32 Å². The number of nitrogens with zero attached hydrogens (tertiary/aromatic N) is 4. The van der Waals surface area contributed by atoms with E-state index in [9.17, 15) is 0 Å². The summed E-state index contributed by atoms with van der Waals surface area (Å²) in [6.07, 6.45) is 3.21. The molecule has 0 atom stereocenters. The number of aromatic nitrogens is 4. The van der Waals surface area contributed by atoms with Gasteiger partial charge in [0, 0.05) is 17.0 Å². The minimum absolute atomic E-state index is 0.491. The van der Waals surface area contributed by atoms with Crippen molar-refractivity contribution in [2.75, 3.05) is 5.32 Å². The molecule has 2 aromatic heterocycles. The summed E-state index contributed by atoms with van der Waals surface area (Å²) >= 11 is 1.72. The van der Waals surface area contributed by atoms with E-state index in [4.69, 9.17) is 0 Å². The zero-order valence-corrected chi connectivity index (χ0v) is 12.8. The highest BCUT2D eigenvalue weighted by molar-refractivity contribution is 7.09. The first kappa shape index (κ1) is 13.8. The summed E-state index contributed by atoms with van der Waals surface area (Å²) in [5, 5.41) is 10.8. The second-order valence-corrected chi connectivity index (χ2v) is 5.96. The van der Waals surface area contributed by atoms with Crippen molar-refractivity contribution >= 4 is 17.0 Å². The average molecular weight is 299 g/mol. The SMILES string of the molecule is CC(C)c1nc(CNc2ccc(-n3cncn3)cc2)cs1. The fraction of sp³-hybridized carbons (Fsp3) is 0.267. The van der Waals surface area contributed by atoms with Crippen LogP contribution in [0.25, 0.3) is 5.69 Å². The number of nitrogens with one attached hydrogen (secondary N) is 1. The number of hydrogen-bond acceptors (Lipinski definition) is 5. The Morgan fingerprint density at radius 1 is 1.24 bits per heavy atom. The third-order valence-corrected chi connectivity index (χ3v) is 4.28. The normalized spacial score (nSPS) is 11.0. The summed E-state index contributed by atoms with van der Waals surface area (Å²) in [4.78, 5) is 8.56. The molecular weight excluding hydrogens is 282 g/mol. The molecule has 1 N–H and O–H groups in total. The maximum Gasteiger partial charge on any atom is 0.138 e. The maximum atomic E-state index is 4.62. The summed E-state index contributed by atoms with van der Waals surface area (Å²) in [6.45, 7) is 5.07. The van der Waals surface area contributed by atoms with Crippen molar-refractivity contribution in [1.29, 1.82) is 0 Å². The van der Waals surface area contributed by atoms with Crippen molar-refractivity contribution in [3.05, 3.63) is 53.0 Å². The second kappa shape index (κ2) is 6.05. The minimum atomic E-state index is 0.491. The lowest BCUT2D eigenvalue weighted by Crippen LogP contribution is -2.01. The van der Waals surface area contributed by atoms with Gasteiger partial charge in [0.05, 0.1) is 22.9 Å². The molecule has 3 rings (SSSR count). The summed E-state index contributed by atoms with van der Waals surface area (Å²) in [7, 11) is 0. The van der Waals surface area contributed by atoms with Gasteiger partial charge in [-0.15, -0.1) is 11.3 Å². The van der Waals surface area contributed by atoms with Gasteiger partial charge in [-0.3, -0.25) is 0 Å². The molecule has 0 saturated carbocycles. The van der Waals surface area contributed by atoms with Crippen LogP contribution in [0.2, 0.25) is 0 Å². The van der Waals surface area contributed by atoms with Crippen LogP contribution in [0.15, 0.2) is 42.3 Å². The standard InChI is InChI=1S/C15H17N5S/c1-11(2)15-19-13(8-21-15)7-17-12-3-5-14(6-4-12)20-10-16-9-18-20/h3-6,8-11,17H,7H2,1-2H3. The molecule has 5 nitrogen and oxygen atoms in total. The number of rotatable bonds is 5. The van der Waals surface area contributed by atoms with E-state index >= 15 is 0 Å². The molecule has 21 heavy (non-hydrogen) atoms. The van der Waals surface area contributed by atoms with E-state index in [0.717, 1.165) is 23.6 Å². The van der Waals surface area contributed by atoms with Crippen LogP contribution in [0.4, 0.5) is 5.69 Å². The predicted molar refractivity (Wildman–Crippen MR) is 84.9 cm³/mol. The first-order valence-corrected chi connectivity index (χ1v) is 7.73. The Morgan fingerprint density at radius 3 is 2.67 bits per heavy atom. The molecule has 6 heteroatoms. The molecule has 0 radical (unpaired) electrons. The lowest BCUT2D eigenvalue weighted by atomic mass is 10.2. The van der Waals surface area contributed by atoms with Crippen molar-refractivity contribution in [3.63, 3.8) is 0 Å². The largest absolute Gasteiger partial charge is 0.379 e. The Kier molecular flexibility index (Phi) is 3.96. The molecule has 0 aliphatic rings. The number of thiazole rings is 1. The number of hydrogen-bond donors (Lipinski definition) is 1. The summed E-state index contributed by atoms with van der Waals surface area (Å²) in [6, 6.07) is 8.09. The predicted octanol–water partition coefficient (Wildman–Crippen LogP) is 3.46. The molecule has 0 bridgehead atoms. The van der Waals surface area contributed by atoms with Gasteiger partial charge in [0.1, 0.15) is 12.7 Å².